The van der Waals surface area contributed by atoms with Gasteiger partial charge in [-0.15, -0.1) is 0 Å². The molecular formula is C21H25FN10O11P2. The van der Waals surface area contributed by atoms with E-state index in [-0.39, 0.29) is 40.5 Å². The molecule has 0 aliphatic carbocycles. The van der Waals surface area contributed by atoms with E-state index in [4.69, 9.17) is 39.2 Å². The third-order valence-corrected chi connectivity index (χ3v) is 9.43. The lowest BCUT2D eigenvalue weighted by Crippen LogP contribution is -2.34. The third kappa shape index (κ3) is 5.63. The van der Waals surface area contributed by atoms with Gasteiger partial charge in [0.05, 0.1) is 32.0 Å². The van der Waals surface area contributed by atoms with Gasteiger partial charge in [0.2, 0.25) is 5.95 Å². The molecule has 9 atom stereocenters. The van der Waals surface area contributed by atoms with Crippen molar-refractivity contribution < 1.29 is 51.1 Å². The summed E-state index contributed by atoms with van der Waals surface area (Å²) in [6.07, 6.45) is -7.22. The maximum absolute atomic E-state index is 15.9. The molecule has 3 fully saturated rings. The molecule has 0 radical (unpaired) electrons. The van der Waals surface area contributed by atoms with E-state index >= 15 is 4.39 Å². The molecule has 0 aromatic carbocycles. The molecule has 45 heavy (non-hydrogen) atoms. The number of anilines is 2. The Hall–Kier alpha value is -3.43. The van der Waals surface area contributed by atoms with E-state index in [0.29, 0.717) is 0 Å². The number of H-pyrrole nitrogens is 1. The zero-order chi connectivity index (χ0) is 31.7. The van der Waals surface area contributed by atoms with Gasteiger partial charge in [-0.2, -0.15) is 4.98 Å². The number of phosphoric ester groups is 1. The summed E-state index contributed by atoms with van der Waals surface area (Å²) in [4.78, 5) is 55.7. The fourth-order valence-corrected chi connectivity index (χ4v) is 7.14. The van der Waals surface area contributed by atoms with E-state index in [0.717, 1.165) is 6.33 Å². The molecule has 4 aromatic heterocycles. The van der Waals surface area contributed by atoms with Crippen molar-refractivity contribution in [2.24, 2.45) is 0 Å². The van der Waals surface area contributed by atoms with Gasteiger partial charge in [0.15, 0.2) is 35.0 Å². The van der Waals surface area contributed by atoms with Crippen molar-refractivity contribution in [1.82, 2.24) is 39.0 Å². The third-order valence-electron chi connectivity index (χ3n) is 7.42. The van der Waals surface area contributed by atoms with Crippen LogP contribution in [0.15, 0.2) is 23.8 Å². The maximum atomic E-state index is 15.9. The number of aromatic amines is 1. The number of hydrogen-bond acceptors (Lipinski definition) is 16. The van der Waals surface area contributed by atoms with Crippen LogP contribution in [0.5, 0.6) is 0 Å². The molecule has 7 heterocycles. The molecular weight excluding hydrogens is 649 g/mol. The van der Waals surface area contributed by atoms with Crippen molar-refractivity contribution >= 4 is 49.5 Å². The molecule has 3 saturated heterocycles. The first kappa shape index (κ1) is 30.2. The maximum Gasteiger partial charge on any atom is 0.472 e. The highest BCUT2D eigenvalue weighted by Crippen LogP contribution is 2.52. The number of hydrogen-bond donors (Lipinski definition) is 5. The van der Waals surface area contributed by atoms with Gasteiger partial charge in [-0.3, -0.25) is 32.5 Å². The van der Waals surface area contributed by atoms with E-state index in [9.17, 15) is 23.7 Å². The van der Waals surface area contributed by atoms with E-state index < -0.39 is 83.6 Å². The SMILES string of the molecule is Nc1nc2c(ncn2[C@H]2CC3OCP(=O)(O)OC[C@H]4O[C@@H](n5cnc6c(N)ncnc65)[C@@H](F)C4OP(=O)(O)OC[C@H]3O2)c(=O)[nH]1. The van der Waals surface area contributed by atoms with Crippen molar-refractivity contribution in [2.75, 3.05) is 31.0 Å². The lowest BCUT2D eigenvalue weighted by molar-refractivity contribution is -0.0578. The van der Waals surface area contributed by atoms with Crippen LogP contribution in [-0.2, 0) is 36.9 Å². The predicted molar refractivity (Wildman–Crippen MR) is 146 cm³/mol. The van der Waals surface area contributed by atoms with Crippen LogP contribution in [0.25, 0.3) is 22.3 Å². The molecule has 7 N–H and O–H groups in total. The van der Waals surface area contributed by atoms with Gasteiger partial charge in [-0.1, -0.05) is 0 Å². The minimum Gasteiger partial charge on any atom is -0.382 e. The summed E-state index contributed by atoms with van der Waals surface area (Å²) in [6.45, 7) is -1.37. The number of nitrogens with two attached hydrogens (primary N) is 2. The molecule has 24 heteroatoms. The Morgan fingerprint density at radius 3 is 2.53 bits per heavy atom. The Labute approximate surface area is 249 Å². The Kier molecular flexibility index (Phi) is 7.47. The standard InChI is InChI=1S/C21H25FN10O11P2/c22-12-15-10(42-20(12)32-6-27-13-16(23)25-4-26-17(13)32)3-39-44(34,35)7-38-8-1-11(41-9(8)2-40-45(36,37)43-15)31-5-28-14-18(31)29-21(24)30-19(14)33/h4-6,8-12,15,20H,1-3,7H2,(H,34,35)(H,36,37)(H2,23,25,26)(H3,24,29,30,33)/t8?,9-,10-,11-,12+,15?,20-/m1/s1. The van der Waals surface area contributed by atoms with Crippen molar-refractivity contribution in [3.63, 3.8) is 0 Å². The lowest BCUT2D eigenvalue weighted by atomic mass is 10.1. The van der Waals surface area contributed by atoms with Gasteiger partial charge in [0.25, 0.3) is 5.56 Å². The summed E-state index contributed by atoms with van der Waals surface area (Å²) in [5, 5.41) is 0. The zero-order valence-electron chi connectivity index (χ0n) is 22.7. The van der Waals surface area contributed by atoms with Crippen LogP contribution in [0.2, 0.25) is 0 Å². The minimum atomic E-state index is -5.04. The molecule has 7 rings (SSSR count). The Morgan fingerprint density at radius 1 is 0.956 bits per heavy atom. The monoisotopic (exact) mass is 674 g/mol. The Morgan fingerprint density at radius 2 is 1.71 bits per heavy atom. The van der Waals surface area contributed by atoms with Crippen LogP contribution in [0.3, 0.4) is 0 Å². The number of rotatable bonds is 2. The van der Waals surface area contributed by atoms with Crippen LogP contribution in [0.1, 0.15) is 18.9 Å². The van der Waals surface area contributed by atoms with Crippen molar-refractivity contribution in [1.29, 1.82) is 0 Å². The molecule has 0 spiro atoms. The van der Waals surface area contributed by atoms with Gasteiger partial charge in [-0.25, -0.2) is 28.9 Å². The second-order valence-corrected chi connectivity index (χ2v) is 13.5. The summed E-state index contributed by atoms with van der Waals surface area (Å²) >= 11 is 0. The lowest BCUT2D eigenvalue weighted by Gasteiger charge is -2.23. The predicted octanol–water partition coefficient (Wildman–Crippen LogP) is -0.293. The summed E-state index contributed by atoms with van der Waals surface area (Å²) in [6, 6.07) is 0. The molecule has 0 bridgehead atoms. The van der Waals surface area contributed by atoms with Gasteiger partial charge in [-0.05, 0) is 0 Å². The second-order valence-electron chi connectivity index (χ2n) is 10.3. The zero-order valence-corrected chi connectivity index (χ0v) is 24.5. The topological polar surface area (TPSA) is 289 Å². The average Bonchev–Trinajstić information content (AvgIpc) is 3.75. The molecule has 4 aromatic rings. The highest BCUT2D eigenvalue weighted by atomic mass is 31.2. The fourth-order valence-electron chi connectivity index (χ4n) is 5.35. The van der Waals surface area contributed by atoms with Crippen LogP contribution in [-0.4, -0.2) is 99.0 Å². The number of alkyl halides is 1. The summed E-state index contributed by atoms with van der Waals surface area (Å²) in [5.74, 6) is -0.152. The molecule has 0 amide bonds. The molecule has 0 saturated carbocycles. The van der Waals surface area contributed by atoms with Crippen molar-refractivity contribution in [3.8, 4) is 0 Å². The number of halogens is 1. The first-order valence-electron chi connectivity index (χ1n) is 13.2. The summed E-state index contributed by atoms with van der Waals surface area (Å²) < 4.78 is 77.5. The van der Waals surface area contributed by atoms with Gasteiger partial charge in [0.1, 0.15) is 42.7 Å². The fraction of sp³-hybridized carbons (Fsp3) is 0.524. The molecule has 3 aliphatic rings. The van der Waals surface area contributed by atoms with E-state index in [2.05, 4.69) is 29.9 Å². The van der Waals surface area contributed by atoms with Gasteiger partial charge < -0.3 is 40.0 Å². The number of ether oxygens (including phenoxy) is 3. The number of aromatic nitrogens is 8. The quantitative estimate of drug-likeness (QED) is 0.171. The minimum absolute atomic E-state index is 0.0000150. The first-order valence-corrected chi connectivity index (χ1v) is 16.5. The molecule has 4 unspecified atom stereocenters. The smallest absolute Gasteiger partial charge is 0.382 e. The molecule has 21 nitrogen and oxygen atoms in total. The van der Waals surface area contributed by atoms with Crippen molar-refractivity contribution in [3.05, 3.63) is 29.3 Å². The largest absolute Gasteiger partial charge is 0.472 e. The normalized spacial score (nSPS) is 36.3. The summed E-state index contributed by atoms with van der Waals surface area (Å²) in [5.41, 5.74) is 11.2. The molecule has 242 valence electrons. The molecule has 3 aliphatic heterocycles. The number of fused-ring (bicyclic) bond motifs is 4. The van der Waals surface area contributed by atoms with E-state index in [1.54, 1.807) is 0 Å². The highest BCUT2D eigenvalue weighted by molar-refractivity contribution is 7.52. The van der Waals surface area contributed by atoms with Crippen LogP contribution >= 0.6 is 15.4 Å². The Bertz CT molecular complexity index is 1920. The first-order chi connectivity index (χ1) is 21.4. The van der Waals surface area contributed by atoms with E-state index in [1.165, 1.54) is 21.8 Å². The van der Waals surface area contributed by atoms with Crippen molar-refractivity contribution in [2.45, 2.75) is 49.5 Å². The summed E-state index contributed by atoms with van der Waals surface area (Å²) in [7, 11) is -9.56. The number of imidazole rings is 2. The van der Waals surface area contributed by atoms with E-state index in [1.807, 2.05) is 0 Å². The van der Waals surface area contributed by atoms with Crippen LogP contribution in [0, 0.1) is 0 Å². The average molecular weight is 674 g/mol. The number of phosphoric acid groups is 1. The number of nitrogens with one attached hydrogen (secondary N) is 1. The van der Waals surface area contributed by atoms with Gasteiger partial charge >= 0.3 is 15.4 Å². The van der Waals surface area contributed by atoms with Crippen LogP contribution in [0.4, 0.5) is 16.2 Å². The number of nitrogen functional groups attached to an aromatic ring is 2. The van der Waals surface area contributed by atoms with Gasteiger partial charge in [0, 0.05) is 6.42 Å². The number of nitrogens with zero attached hydrogens (tertiary/aromatic N) is 7. The second kappa shape index (κ2) is 11.1. The highest BCUT2D eigenvalue weighted by Gasteiger charge is 2.52. The van der Waals surface area contributed by atoms with Crippen LogP contribution < -0.4 is 17.0 Å². The Balaban J connectivity index is 1.14.